The quantitative estimate of drug-likeness (QED) is 0.800. The number of carbonyl (C=O) groups excluding carboxylic acids is 1. The first kappa shape index (κ1) is 9.80. The maximum atomic E-state index is 13.0. The molecule has 0 radical (unpaired) electrons. The summed E-state index contributed by atoms with van der Waals surface area (Å²) in [7, 11) is 0. The molecule has 1 aromatic rings. The number of benzene rings is 1. The van der Waals surface area contributed by atoms with Gasteiger partial charge in [0.2, 0.25) is 0 Å². The molecule has 0 saturated carbocycles. The van der Waals surface area contributed by atoms with Crippen molar-refractivity contribution in [2.24, 2.45) is 5.73 Å². The lowest BCUT2D eigenvalue weighted by Crippen LogP contribution is -2.13. The van der Waals surface area contributed by atoms with E-state index in [4.69, 9.17) is 17.3 Å². The summed E-state index contributed by atoms with van der Waals surface area (Å²) in [6.07, 6.45) is -0.959. The first-order valence-corrected chi connectivity index (χ1v) is 3.84. The molecule has 0 heterocycles. The van der Waals surface area contributed by atoms with E-state index < -0.39 is 11.9 Å². The molecule has 13 heavy (non-hydrogen) atoms. The van der Waals surface area contributed by atoms with Gasteiger partial charge in [-0.15, -0.1) is 0 Å². The van der Waals surface area contributed by atoms with E-state index in [-0.39, 0.29) is 17.2 Å². The number of nitrogens with two attached hydrogens (primary N) is 1. The Balaban J connectivity index is 2.81. The molecule has 1 amide bonds. The summed E-state index contributed by atoms with van der Waals surface area (Å²) >= 11 is 5.64. The van der Waals surface area contributed by atoms with Crippen LogP contribution in [0.2, 0.25) is 5.02 Å². The fourth-order valence-corrected chi connectivity index (χ4v) is 1.03. The van der Waals surface area contributed by atoms with Gasteiger partial charge in [0.05, 0.1) is 5.02 Å². The molecule has 0 bridgehead atoms. The first-order chi connectivity index (χ1) is 6.11. The van der Waals surface area contributed by atoms with Crippen molar-refractivity contribution in [1.82, 2.24) is 0 Å². The number of rotatable bonds is 2. The standard InChI is InChI=1S/C8H7ClFNO2/c9-6-2-1-3-7(10)5(6)4-13-8(11)12/h1-3H,4H2,(H2,11,12). The number of ether oxygens (including phenoxy) is 1. The molecule has 2 N–H and O–H groups in total. The summed E-state index contributed by atoms with van der Waals surface area (Å²) in [6.45, 7) is -0.249. The van der Waals surface area contributed by atoms with E-state index in [0.29, 0.717) is 0 Å². The molecule has 0 fully saturated rings. The maximum Gasteiger partial charge on any atom is 0.404 e. The van der Waals surface area contributed by atoms with Gasteiger partial charge < -0.3 is 10.5 Å². The van der Waals surface area contributed by atoms with Gasteiger partial charge >= 0.3 is 6.09 Å². The molecule has 0 saturated heterocycles. The average Bonchev–Trinajstić information content (AvgIpc) is 2.03. The van der Waals surface area contributed by atoms with E-state index in [0.717, 1.165) is 0 Å². The highest BCUT2D eigenvalue weighted by Crippen LogP contribution is 2.19. The predicted octanol–water partition coefficient (Wildman–Crippen LogP) is 2.07. The summed E-state index contributed by atoms with van der Waals surface area (Å²) < 4.78 is 17.4. The molecule has 0 aliphatic rings. The highest BCUT2D eigenvalue weighted by molar-refractivity contribution is 6.31. The number of amides is 1. The van der Waals surface area contributed by atoms with Gasteiger partial charge in [0.25, 0.3) is 0 Å². The fourth-order valence-electron chi connectivity index (χ4n) is 0.814. The van der Waals surface area contributed by atoms with Crippen LogP contribution >= 0.6 is 11.6 Å². The van der Waals surface area contributed by atoms with Gasteiger partial charge in [-0.05, 0) is 12.1 Å². The van der Waals surface area contributed by atoms with Crippen molar-refractivity contribution in [3.8, 4) is 0 Å². The van der Waals surface area contributed by atoms with Gasteiger partial charge in [0.1, 0.15) is 12.4 Å². The highest BCUT2D eigenvalue weighted by atomic mass is 35.5. The van der Waals surface area contributed by atoms with Crippen LogP contribution in [0.5, 0.6) is 0 Å². The Morgan fingerprint density at radius 1 is 1.62 bits per heavy atom. The molecule has 0 atom stereocenters. The topological polar surface area (TPSA) is 52.3 Å². The number of halogens is 2. The lowest BCUT2D eigenvalue weighted by Gasteiger charge is -2.04. The molecule has 5 heteroatoms. The van der Waals surface area contributed by atoms with Gasteiger partial charge in [0.15, 0.2) is 0 Å². The Labute approximate surface area is 79.2 Å². The third kappa shape index (κ3) is 2.59. The second-order valence-electron chi connectivity index (χ2n) is 2.31. The lowest BCUT2D eigenvalue weighted by molar-refractivity contribution is 0.149. The molecule has 1 aromatic carbocycles. The Hall–Kier alpha value is -1.29. The van der Waals surface area contributed by atoms with Crippen LogP contribution in [-0.4, -0.2) is 6.09 Å². The van der Waals surface area contributed by atoms with Crippen LogP contribution in [0.1, 0.15) is 5.56 Å². The Bertz CT molecular complexity index is 310. The number of primary amides is 1. The Morgan fingerprint density at radius 3 is 2.85 bits per heavy atom. The molecular formula is C8H7ClFNO2. The van der Waals surface area contributed by atoms with Crippen molar-refractivity contribution >= 4 is 17.7 Å². The van der Waals surface area contributed by atoms with Crippen LogP contribution in [0.4, 0.5) is 9.18 Å². The molecule has 70 valence electrons. The van der Waals surface area contributed by atoms with Crippen molar-refractivity contribution < 1.29 is 13.9 Å². The Kier molecular flexibility index (Phi) is 3.08. The van der Waals surface area contributed by atoms with Gasteiger partial charge in [-0.2, -0.15) is 0 Å². The van der Waals surface area contributed by atoms with Crippen LogP contribution in [0.25, 0.3) is 0 Å². The van der Waals surface area contributed by atoms with Crippen LogP contribution in [-0.2, 0) is 11.3 Å². The number of hydrogen-bond acceptors (Lipinski definition) is 2. The summed E-state index contributed by atoms with van der Waals surface area (Å²) in [5.41, 5.74) is 4.84. The average molecular weight is 204 g/mol. The first-order valence-electron chi connectivity index (χ1n) is 3.46. The number of carbonyl (C=O) groups is 1. The Morgan fingerprint density at radius 2 is 2.31 bits per heavy atom. The minimum Gasteiger partial charge on any atom is -0.445 e. The largest absolute Gasteiger partial charge is 0.445 e. The van der Waals surface area contributed by atoms with E-state index in [9.17, 15) is 9.18 Å². The summed E-state index contributed by atoms with van der Waals surface area (Å²) in [4.78, 5) is 10.2. The van der Waals surface area contributed by atoms with Crippen LogP contribution in [0, 0.1) is 5.82 Å². The third-order valence-corrected chi connectivity index (χ3v) is 1.77. The fraction of sp³-hybridized carbons (Fsp3) is 0.125. The van der Waals surface area contributed by atoms with E-state index >= 15 is 0 Å². The second-order valence-corrected chi connectivity index (χ2v) is 2.72. The second kappa shape index (κ2) is 4.09. The van der Waals surface area contributed by atoms with Crippen molar-refractivity contribution in [3.05, 3.63) is 34.6 Å². The van der Waals surface area contributed by atoms with Gasteiger partial charge in [0, 0.05) is 5.56 Å². The zero-order chi connectivity index (χ0) is 9.84. The van der Waals surface area contributed by atoms with Crippen LogP contribution in [0.3, 0.4) is 0 Å². The summed E-state index contributed by atoms with van der Waals surface area (Å²) in [5, 5.41) is 0.209. The molecule has 0 aliphatic carbocycles. The lowest BCUT2D eigenvalue weighted by atomic mass is 10.2. The smallest absolute Gasteiger partial charge is 0.404 e. The maximum absolute atomic E-state index is 13.0. The predicted molar refractivity (Wildman–Crippen MR) is 45.8 cm³/mol. The van der Waals surface area contributed by atoms with E-state index in [2.05, 4.69) is 4.74 Å². The monoisotopic (exact) mass is 203 g/mol. The zero-order valence-electron chi connectivity index (χ0n) is 6.59. The van der Waals surface area contributed by atoms with Crippen molar-refractivity contribution in [1.29, 1.82) is 0 Å². The third-order valence-electron chi connectivity index (χ3n) is 1.42. The van der Waals surface area contributed by atoms with Crippen LogP contribution in [0.15, 0.2) is 18.2 Å². The number of hydrogen-bond donors (Lipinski definition) is 1. The molecule has 0 aromatic heterocycles. The molecular weight excluding hydrogens is 197 g/mol. The molecule has 0 spiro atoms. The van der Waals surface area contributed by atoms with Gasteiger partial charge in [-0.1, -0.05) is 17.7 Å². The minimum atomic E-state index is -0.959. The minimum absolute atomic E-state index is 0.128. The molecule has 1 rings (SSSR count). The molecule has 3 nitrogen and oxygen atoms in total. The van der Waals surface area contributed by atoms with Crippen molar-refractivity contribution in [2.45, 2.75) is 6.61 Å². The SMILES string of the molecule is NC(=O)OCc1c(F)cccc1Cl. The zero-order valence-corrected chi connectivity index (χ0v) is 7.34. The van der Waals surface area contributed by atoms with E-state index in [1.54, 1.807) is 0 Å². The van der Waals surface area contributed by atoms with Gasteiger partial charge in [-0.25, -0.2) is 9.18 Å². The van der Waals surface area contributed by atoms with Crippen molar-refractivity contribution in [3.63, 3.8) is 0 Å². The van der Waals surface area contributed by atoms with E-state index in [1.807, 2.05) is 0 Å². The normalized spacial score (nSPS) is 9.69. The van der Waals surface area contributed by atoms with Gasteiger partial charge in [-0.3, -0.25) is 0 Å². The molecule has 0 unspecified atom stereocenters. The summed E-state index contributed by atoms with van der Waals surface area (Å²) in [5.74, 6) is -0.520. The molecule has 0 aliphatic heterocycles. The van der Waals surface area contributed by atoms with E-state index in [1.165, 1.54) is 18.2 Å². The van der Waals surface area contributed by atoms with Crippen LogP contribution < -0.4 is 5.73 Å². The summed E-state index contributed by atoms with van der Waals surface area (Å²) in [6, 6.07) is 4.20. The van der Waals surface area contributed by atoms with Crippen molar-refractivity contribution in [2.75, 3.05) is 0 Å². The highest BCUT2D eigenvalue weighted by Gasteiger charge is 2.07.